The maximum Gasteiger partial charge on any atom is 0.0652 e. The summed E-state index contributed by atoms with van der Waals surface area (Å²) in [6, 6.07) is 1.03. The second-order valence-electron chi connectivity index (χ2n) is 11.6. The predicted octanol–water partition coefficient (Wildman–Crippen LogP) is 2.20. The fourth-order valence-electron chi connectivity index (χ4n) is 7.34. The van der Waals surface area contributed by atoms with E-state index in [4.69, 9.17) is 9.47 Å². The molecule has 3 N–H and O–H groups in total. The van der Waals surface area contributed by atoms with Gasteiger partial charge < -0.3 is 25.4 Å². The van der Waals surface area contributed by atoms with Crippen LogP contribution in [-0.2, 0) is 9.47 Å². The second kappa shape index (κ2) is 6.65. The van der Waals surface area contributed by atoms with E-state index in [0.717, 1.165) is 44.2 Å². The third-order valence-corrected chi connectivity index (χ3v) is 8.88. The Hall–Kier alpha value is -0.200. The van der Waals surface area contributed by atoms with Crippen molar-refractivity contribution < 1.29 is 9.47 Å². The molecule has 6 rings (SSSR count). The number of morpholine rings is 2. The summed E-state index contributed by atoms with van der Waals surface area (Å²) < 4.78 is 12.0. The van der Waals surface area contributed by atoms with Crippen molar-refractivity contribution in [2.45, 2.75) is 93.4 Å². The van der Waals surface area contributed by atoms with Crippen LogP contribution in [0.25, 0.3) is 0 Å². The van der Waals surface area contributed by atoms with E-state index in [1.807, 2.05) is 0 Å². The molecular weight excluding hydrogens is 350 g/mol. The molecule has 28 heavy (non-hydrogen) atoms. The van der Waals surface area contributed by atoms with Crippen molar-refractivity contribution in [3.63, 3.8) is 0 Å². The quantitative estimate of drug-likeness (QED) is 0.688. The molecule has 0 aromatic rings. The average molecular weight is 390 g/mol. The van der Waals surface area contributed by atoms with Crippen LogP contribution in [0.4, 0.5) is 0 Å². The molecule has 0 bridgehead atoms. The molecule has 6 aliphatic rings. The molecule has 3 spiro atoms. The van der Waals surface area contributed by atoms with Gasteiger partial charge in [-0.15, -0.1) is 0 Å². The number of rotatable bonds is 4. The minimum Gasteiger partial charge on any atom is -0.378 e. The van der Waals surface area contributed by atoms with E-state index in [1.165, 1.54) is 64.3 Å². The zero-order chi connectivity index (χ0) is 18.8. The highest BCUT2D eigenvalue weighted by Crippen LogP contribution is 2.51. The van der Waals surface area contributed by atoms with Crippen molar-refractivity contribution in [1.29, 1.82) is 0 Å². The Morgan fingerprint density at radius 2 is 1.68 bits per heavy atom. The van der Waals surface area contributed by atoms with Crippen LogP contribution in [0.15, 0.2) is 0 Å². The Kier molecular flexibility index (Phi) is 4.41. The van der Waals surface area contributed by atoms with E-state index in [0.29, 0.717) is 23.2 Å². The predicted molar refractivity (Wildman–Crippen MR) is 109 cm³/mol. The lowest BCUT2D eigenvalue weighted by Gasteiger charge is -2.53. The number of nitrogens with one attached hydrogen (secondary N) is 3. The first-order chi connectivity index (χ1) is 13.6. The van der Waals surface area contributed by atoms with Crippen molar-refractivity contribution in [3.05, 3.63) is 0 Å². The van der Waals surface area contributed by atoms with Gasteiger partial charge in [0.15, 0.2) is 0 Å². The lowest BCUT2D eigenvalue weighted by Crippen LogP contribution is -2.65. The van der Waals surface area contributed by atoms with E-state index in [1.54, 1.807) is 0 Å². The van der Waals surface area contributed by atoms with Gasteiger partial charge in [-0.25, -0.2) is 0 Å². The molecule has 0 aromatic heterocycles. The van der Waals surface area contributed by atoms with Gasteiger partial charge in [0.05, 0.1) is 26.4 Å². The molecule has 158 valence electrons. The fourth-order valence-corrected chi connectivity index (χ4v) is 7.34. The van der Waals surface area contributed by atoms with Crippen molar-refractivity contribution >= 4 is 0 Å². The molecule has 3 saturated heterocycles. The van der Waals surface area contributed by atoms with Crippen LogP contribution >= 0.6 is 0 Å². The minimum absolute atomic E-state index is 0.278. The molecule has 6 fully saturated rings. The average Bonchev–Trinajstić information content (AvgIpc) is 3.53. The molecule has 3 heterocycles. The highest BCUT2D eigenvalue weighted by Gasteiger charge is 2.57. The highest BCUT2D eigenvalue weighted by molar-refractivity contribution is 5.15. The monoisotopic (exact) mass is 389 g/mol. The lowest BCUT2D eigenvalue weighted by molar-refractivity contribution is -0.0680. The molecule has 0 aromatic carbocycles. The Morgan fingerprint density at radius 1 is 0.857 bits per heavy atom. The van der Waals surface area contributed by atoms with E-state index in [-0.39, 0.29) is 5.54 Å². The summed E-state index contributed by atoms with van der Waals surface area (Å²) in [6.45, 7) is 7.10. The second-order valence-corrected chi connectivity index (χ2v) is 11.6. The molecule has 5 atom stereocenters. The summed E-state index contributed by atoms with van der Waals surface area (Å²) >= 11 is 0. The Morgan fingerprint density at radius 3 is 2.50 bits per heavy atom. The summed E-state index contributed by atoms with van der Waals surface area (Å²) in [4.78, 5) is 0. The van der Waals surface area contributed by atoms with Crippen LogP contribution in [0.3, 0.4) is 0 Å². The van der Waals surface area contributed by atoms with Gasteiger partial charge in [0, 0.05) is 28.7 Å². The molecular formula is C23H39N3O2. The highest BCUT2D eigenvalue weighted by atomic mass is 16.5. The van der Waals surface area contributed by atoms with Crippen molar-refractivity contribution in [2.75, 3.05) is 33.0 Å². The summed E-state index contributed by atoms with van der Waals surface area (Å²) in [5, 5.41) is 11.7. The molecule has 0 amide bonds. The fraction of sp³-hybridized carbons (Fsp3) is 1.00. The van der Waals surface area contributed by atoms with Gasteiger partial charge in [-0.05, 0) is 89.0 Å². The number of hydrogen-bond donors (Lipinski definition) is 3. The first-order valence-electron chi connectivity index (χ1n) is 12.0. The Labute approximate surface area is 170 Å². The largest absolute Gasteiger partial charge is 0.378 e. The Balaban J connectivity index is 0.982. The Bertz CT molecular complexity index is 603. The zero-order valence-electron chi connectivity index (χ0n) is 17.6. The summed E-state index contributed by atoms with van der Waals surface area (Å²) in [5.41, 5.74) is 1.15. The standard InChI is InChI=1S/C23H39N3O2/c1-16-12-27-15-23(25-16)11-19(23)7-20-13-28-14-22(26-20)9-18(10-22)6-17-2-5-24-21(8-17)3-4-21/h16-20,24-26H,2-15H2,1H3. The number of hydrogen-bond acceptors (Lipinski definition) is 5. The van der Waals surface area contributed by atoms with Crippen LogP contribution in [0, 0.1) is 17.8 Å². The van der Waals surface area contributed by atoms with E-state index < -0.39 is 0 Å². The summed E-state index contributed by atoms with van der Waals surface area (Å²) in [6.07, 6.45) is 12.4. The zero-order valence-corrected chi connectivity index (χ0v) is 17.6. The molecule has 3 aliphatic heterocycles. The van der Waals surface area contributed by atoms with Crippen molar-refractivity contribution in [3.8, 4) is 0 Å². The molecule has 0 radical (unpaired) electrons. The van der Waals surface area contributed by atoms with Crippen LogP contribution in [0.5, 0.6) is 0 Å². The van der Waals surface area contributed by atoms with Gasteiger partial charge in [0.2, 0.25) is 0 Å². The van der Waals surface area contributed by atoms with Gasteiger partial charge >= 0.3 is 0 Å². The van der Waals surface area contributed by atoms with Crippen molar-refractivity contribution in [1.82, 2.24) is 16.0 Å². The van der Waals surface area contributed by atoms with Gasteiger partial charge in [-0.2, -0.15) is 0 Å². The number of piperidine rings is 1. The van der Waals surface area contributed by atoms with E-state index >= 15 is 0 Å². The lowest BCUT2D eigenvalue weighted by atomic mass is 9.64. The number of ether oxygens (including phenoxy) is 2. The minimum atomic E-state index is 0.278. The van der Waals surface area contributed by atoms with Gasteiger partial charge in [-0.1, -0.05) is 0 Å². The summed E-state index contributed by atoms with van der Waals surface area (Å²) in [5.74, 6) is 2.65. The van der Waals surface area contributed by atoms with Gasteiger partial charge in [0.25, 0.3) is 0 Å². The SMILES string of the molecule is CC1COCC2(CC2CC2COCC3(CC(CC4CCNC5(CC5)C4)C3)N2)N1. The van der Waals surface area contributed by atoms with Crippen molar-refractivity contribution in [2.24, 2.45) is 17.8 Å². The van der Waals surface area contributed by atoms with Crippen LogP contribution in [-0.4, -0.2) is 61.7 Å². The van der Waals surface area contributed by atoms with E-state index in [9.17, 15) is 0 Å². The molecule has 3 saturated carbocycles. The molecule has 5 unspecified atom stereocenters. The van der Waals surface area contributed by atoms with Crippen LogP contribution in [0.1, 0.15) is 64.7 Å². The maximum atomic E-state index is 6.12. The first kappa shape index (κ1) is 18.6. The third kappa shape index (κ3) is 3.45. The van der Waals surface area contributed by atoms with Gasteiger partial charge in [0.1, 0.15) is 0 Å². The first-order valence-corrected chi connectivity index (χ1v) is 12.0. The molecule has 5 nitrogen and oxygen atoms in total. The topological polar surface area (TPSA) is 54.6 Å². The van der Waals surface area contributed by atoms with Crippen LogP contribution in [0.2, 0.25) is 0 Å². The van der Waals surface area contributed by atoms with Crippen LogP contribution < -0.4 is 16.0 Å². The smallest absolute Gasteiger partial charge is 0.0652 e. The molecule has 5 heteroatoms. The van der Waals surface area contributed by atoms with Gasteiger partial charge in [-0.3, -0.25) is 0 Å². The molecule has 3 aliphatic carbocycles. The normalized spacial score (nSPS) is 52.0. The third-order valence-electron chi connectivity index (χ3n) is 8.88. The van der Waals surface area contributed by atoms with E-state index in [2.05, 4.69) is 22.9 Å². The summed E-state index contributed by atoms with van der Waals surface area (Å²) in [7, 11) is 0. The maximum absolute atomic E-state index is 6.12.